The molecule has 0 saturated heterocycles. The Morgan fingerprint density at radius 2 is 2.03 bits per heavy atom. The molecule has 30 heavy (non-hydrogen) atoms. The molecule has 0 bridgehead atoms. The molecule has 11 heteroatoms. The highest BCUT2D eigenvalue weighted by Gasteiger charge is 2.07. The van der Waals surface area contributed by atoms with Gasteiger partial charge in [-0.3, -0.25) is 14.6 Å². The van der Waals surface area contributed by atoms with Crippen LogP contribution in [0.3, 0.4) is 0 Å². The molecule has 3 aromatic rings. The molecular weight excluding hydrogens is 430 g/mol. The van der Waals surface area contributed by atoms with Crippen LogP contribution >= 0.6 is 23.4 Å². The molecule has 3 rings (SSSR count). The molecule has 2 aromatic carbocycles. The highest BCUT2D eigenvalue weighted by atomic mass is 35.5. The lowest BCUT2D eigenvalue weighted by Gasteiger charge is -2.08. The molecule has 0 fully saturated rings. The van der Waals surface area contributed by atoms with Gasteiger partial charge in [0.15, 0.2) is 5.03 Å². The average molecular weight is 446 g/mol. The number of nitrogens with zero attached hydrogens (tertiary/aromatic N) is 2. The normalized spacial score (nSPS) is 10.8. The number of nitrogens with one attached hydrogen (secondary N) is 3. The van der Waals surface area contributed by atoms with Gasteiger partial charge in [-0.25, -0.2) is 15.3 Å². The van der Waals surface area contributed by atoms with Gasteiger partial charge in [-0.2, -0.15) is 10.2 Å². The lowest BCUT2D eigenvalue weighted by atomic mass is 10.2. The number of halogens is 1. The quantitative estimate of drug-likeness (QED) is 0.276. The largest absolute Gasteiger partial charge is 0.487 e. The second-order valence-corrected chi connectivity index (χ2v) is 7.23. The first-order valence-corrected chi connectivity index (χ1v) is 9.97. The summed E-state index contributed by atoms with van der Waals surface area (Å²) < 4.78 is 5.71. The summed E-state index contributed by atoms with van der Waals surface area (Å²) in [7, 11) is 0. The monoisotopic (exact) mass is 445 g/mol. The number of carbonyl (C=O) groups is 1. The number of amides is 1. The summed E-state index contributed by atoms with van der Waals surface area (Å²) in [5.74, 6) is -0.0127. The summed E-state index contributed by atoms with van der Waals surface area (Å²) in [5, 5.41) is 9.91. The summed E-state index contributed by atoms with van der Waals surface area (Å²) in [6, 6.07) is 14.8. The van der Waals surface area contributed by atoms with Crippen molar-refractivity contribution in [2.75, 3.05) is 5.75 Å². The number of thioether (sulfide) groups is 1. The molecule has 154 valence electrons. The smallest absolute Gasteiger partial charge is 0.342 e. The number of carbonyl (C=O) groups excluding carboxylic acids is 1. The van der Waals surface area contributed by atoms with Gasteiger partial charge in [0.2, 0.25) is 5.91 Å². The molecule has 3 N–H and O–H groups in total. The van der Waals surface area contributed by atoms with Crippen molar-refractivity contribution in [3.8, 4) is 5.75 Å². The maximum atomic E-state index is 11.8. The summed E-state index contributed by atoms with van der Waals surface area (Å²) in [5.41, 5.74) is 2.65. The minimum absolute atomic E-state index is 0.0217. The van der Waals surface area contributed by atoms with E-state index in [0.717, 1.165) is 17.3 Å². The molecule has 0 saturated carbocycles. The molecule has 1 heterocycles. The molecule has 0 aliphatic carbocycles. The fraction of sp³-hybridized carbons (Fsp3) is 0.105. The van der Waals surface area contributed by atoms with Crippen LogP contribution in [0, 0.1) is 0 Å². The van der Waals surface area contributed by atoms with E-state index in [0.29, 0.717) is 22.9 Å². The van der Waals surface area contributed by atoms with Crippen LogP contribution in [0.25, 0.3) is 0 Å². The van der Waals surface area contributed by atoms with Gasteiger partial charge in [0, 0.05) is 0 Å². The van der Waals surface area contributed by atoms with Gasteiger partial charge in [-0.1, -0.05) is 53.7 Å². The lowest BCUT2D eigenvalue weighted by Crippen LogP contribution is -2.26. The van der Waals surface area contributed by atoms with E-state index < -0.39 is 17.2 Å². The standard InChI is InChI=1S/C19H16ClN5O4S/c20-14-8-13(6-7-15(14)29-10-12-4-2-1-3-5-12)9-21-23-16(26)11-30-18-17(27)22-19(28)25-24-18/h1-9H,10-11H2,(H,23,26)(H2,22,25,27,28)/b21-9+. The number of ether oxygens (including phenoxy) is 1. The number of aromatic nitrogens is 3. The van der Waals surface area contributed by atoms with E-state index in [1.165, 1.54) is 6.21 Å². The van der Waals surface area contributed by atoms with Crippen LogP contribution in [0.4, 0.5) is 0 Å². The van der Waals surface area contributed by atoms with Crippen LogP contribution in [0.1, 0.15) is 11.1 Å². The third kappa shape index (κ3) is 6.33. The second-order valence-electron chi connectivity index (χ2n) is 5.86. The zero-order valence-electron chi connectivity index (χ0n) is 15.4. The Morgan fingerprint density at radius 3 is 2.77 bits per heavy atom. The predicted molar refractivity (Wildman–Crippen MR) is 114 cm³/mol. The van der Waals surface area contributed by atoms with Crippen molar-refractivity contribution < 1.29 is 9.53 Å². The Bertz CT molecular complexity index is 1160. The van der Waals surface area contributed by atoms with Gasteiger partial charge in [0.05, 0.1) is 17.0 Å². The van der Waals surface area contributed by atoms with Crippen LogP contribution in [-0.4, -0.2) is 33.1 Å². The molecule has 0 radical (unpaired) electrons. The van der Waals surface area contributed by atoms with E-state index in [9.17, 15) is 14.4 Å². The van der Waals surface area contributed by atoms with Gasteiger partial charge in [-0.05, 0) is 29.3 Å². The number of aromatic amines is 2. The van der Waals surface area contributed by atoms with Crippen molar-refractivity contribution in [3.63, 3.8) is 0 Å². The zero-order chi connectivity index (χ0) is 21.3. The molecule has 0 atom stereocenters. The Balaban J connectivity index is 1.49. The van der Waals surface area contributed by atoms with Crippen molar-refractivity contribution in [3.05, 3.63) is 85.5 Å². The van der Waals surface area contributed by atoms with Gasteiger partial charge in [-0.15, -0.1) is 0 Å². The topological polar surface area (TPSA) is 129 Å². The Kier molecular flexibility index (Phi) is 7.41. The first-order chi connectivity index (χ1) is 14.5. The van der Waals surface area contributed by atoms with Crippen LogP contribution in [0.2, 0.25) is 5.02 Å². The maximum Gasteiger partial charge on any atom is 0.342 e. The van der Waals surface area contributed by atoms with Crippen molar-refractivity contribution in [2.45, 2.75) is 11.6 Å². The first kappa shape index (κ1) is 21.3. The van der Waals surface area contributed by atoms with Crippen LogP contribution in [-0.2, 0) is 11.4 Å². The van der Waals surface area contributed by atoms with Gasteiger partial charge >= 0.3 is 5.69 Å². The summed E-state index contributed by atoms with van der Waals surface area (Å²) in [6.07, 6.45) is 1.43. The molecule has 0 unspecified atom stereocenters. The third-order valence-corrected chi connectivity index (χ3v) is 4.87. The fourth-order valence-corrected chi connectivity index (χ4v) is 3.10. The van der Waals surface area contributed by atoms with E-state index >= 15 is 0 Å². The molecule has 0 spiro atoms. The number of benzene rings is 2. The van der Waals surface area contributed by atoms with E-state index in [1.807, 2.05) is 35.3 Å². The van der Waals surface area contributed by atoms with Crippen LogP contribution < -0.4 is 21.4 Å². The molecule has 1 amide bonds. The number of hydrogen-bond acceptors (Lipinski definition) is 7. The minimum atomic E-state index is -0.714. The average Bonchev–Trinajstić information content (AvgIpc) is 2.73. The van der Waals surface area contributed by atoms with Crippen molar-refractivity contribution in [1.82, 2.24) is 20.6 Å². The highest BCUT2D eigenvalue weighted by Crippen LogP contribution is 2.25. The molecule has 0 aliphatic rings. The molecule has 9 nitrogen and oxygen atoms in total. The zero-order valence-corrected chi connectivity index (χ0v) is 17.0. The van der Waals surface area contributed by atoms with Gasteiger partial charge < -0.3 is 4.74 Å². The summed E-state index contributed by atoms with van der Waals surface area (Å²) >= 11 is 7.11. The third-order valence-electron chi connectivity index (χ3n) is 3.62. The van der Waals surface area contributed by atoms with Crippen molar-refractivity contribution >= 4 is 35.5 Å². The van der Waals surface area contributed by atoms with Gasteiger partial charge in [0.1, 0.15) is 12.4 Å². The molecule has 1 aromatic heterocycles. The highest BCUT2D eigenvalue weighted by molar-refractivity contribution is 7.99. The van der Waals surface area contributed by atoms with Crippen LogP contribution in [0.5, 0.6) is 5.75 Å². The minimum Gasteiger partial charge on any atom is -0.487 e. The van der Waals surface area contributed by atoms with Crippen LogP contribution in [0.15, 0.2) is 68.2 Å². The second kappa shape index (κ2) is 10.4. The Morgan fingerprint density at radius 1 is 1.23 bits per heavy atom. The Hall–Kier alpha value is -3.37. The van der Waals surface area contributed by atoms with E-state index in [1.54, 1.807) is 18.2 Å². The van der Waals surface area contributed by atoms with E-state index in [2.05, 4.69) is 20.7 Å². The number of hydrogen-bond donors (Lipinski definition) is 3. The molecular formula is C19H16ClN5O4S. The Labute approximate surface area is 179 Å². The maximum absolute atomic E-state index is 11.8. The predicted octanol–water partition coefficient (Wildman–Crippen LogP) is 1.93. The van der Waals surface area contributed by atoms with E-state index in [-0.39, 0.29) is 10.8 Å². The van der Waals surface area contributed by atoms with Crippen molar-refractivity contribution in [1.29, 1.82) is 0 Å². The number of H-pyrrole nitrogens is 2. The van der Waals surface area contributed by atoms with E-state index in [4.69, 9.17) is 16.3 Å². The first-order valence-electron chi connectivity index (χ1n) is 8.61. The lowest BCUT2D eigenvalue weighted by molar-refractivity contribution is -0.118. The van der Waals surface area contributed by atoms with Gasteiger partial charge in [0.25, 0.3) is 5.56 Å². The van der Waals surface area contributed by atoms with Crippen molar-refractivity contribution in [2.24, 2.45) is 5.10 Å². The molecule has 0 aliphatic heterocycles. The summed E-state index contributed by atoms with van der Waals surface area (Å²) in [6.45, 7) is 0.398. The SMILES string of the molecule is O=C(CSc1n[nH]c(=O)[nH]c1=O)N/N=C/c1ccc(OCc2ccccc2)c(Cl)c1. The summed E-state index contributed by atoms with van der Waals surface area (Å²) in [4.78, 5) is 36.2. The number of hydrazone groups is 1. The fourth-order valence-electron chi connectivity index (χ4n) is 2.23. The number of rotatable bonds is 8.